The van der Waals surface area contributed by atoms with Gasteiger partial charge in [0.1, 0.15) is 23.2 Å². The minimum Gasteiger partial charge on any atom is -0.463 e. The second-order valence-electron chi connectivity index (χ2n) is 6.21. The summed E-state index contributed by atoms with van der Waals surface area (Å²) in [5.41, 5.74) is 0.222. The quantitative estimate of drug-likeness (QED) is 0.709. The predicted molar refractivity (Wildman–Crippen MR) is 102 cm³/mol. The molecule has 8 nitrogen and oxygen atoms in total. The van der Waals surface area contributed by atoms with Gasteiger partial charge in [-0.2, -0.15) is 0 Å². The molecule has 1 aliphatic rings. The van der Waals surface area contributed by atoms with E-state index in [0.29, 0.717) is 31.1 Å². The monoisotopic (exact) mass is 389 g/mol. The van der Waals surface area contributed by atoms with Crippen molar-refractivity contribution in [2.45, 2.75) is 6.04 Å². The number of aryl methyl sites for hydroxylation is 1. The first kappa shape index (κ1) is 18.9. The maximum Gasteiger partial charge on any atom is 0.261 e. The Labute approximate surface area is 161 Å². The molecule has 2 N–H and O–H groups in total. The normalized spacial score (nSPS) is 16.8. The van der Waals surface area contributed by atoms with Crippen molar-refractivity contribution in [3.63, 3.8) is 0 Å². The van der Waals surface area contributed by atoms with Gasteiger partial charge in [-0.3, -0.25) is 9.59 Å². The molecule has 0 radical (unpaired) electrons. The van der Waals surface area contributed by atoms with Crippen LogP contribution in [-0.2, 0) is 7.05 Å². The molecule has 27 heavy (non-hydrogen) atoms. The smallest absolute Gasteiger partial charge is 0.261 e. The van der Waals surface area contributed by atoms with E-state index in [1.165, 1.54) is 6.26 Å². The lowest BCUT2D eigenvalue weighted by atomic mass is 10.1. The van der Waals surface area contributed by atoms with E-state index in [1.807, 2.05) is 17.8 Å². The number of rotatable bonds is 3. The molecule has 4 rings (SSSR count). The van der Waals surface area contributed by atoms with E-state index in [1.54, 1.807) is 35.4 Å². The molecular formula is C18H20ClN5O3. The van der Waals surface area contributed by atoms with Gasteiger partial charge >= 0.3 is 0 Å². The zero-order valence-corrected chi connectivity index (χ0v) is 15.5. The number of amides is 1. The molecule has 1 amide bonds. The SMILES string of the molecule is Cl.Cn1ccnc1C1CNCCN1C(=O)c1ccc(-c2ccco2)[nH]c1=O. The molecule has 1 saturated heterocycles. The topological polar surface area (TPSA) is 96.2 Å². The van der Waals surface area contributed by atoms with Gasteiger partial charge in [0.25, 0.3) is 11.5 Å². The zero-order valence-electron chi connectivity index (χ0n) is 14.7. The fraction of sp³-hybridized carbons (Fsp3) is 0.278. The fourth-order valence-electron chi connectivity index (χ4n) is 3.25. The standard InChI is InChI=1S/C18H19N5O3.ClH/c1-22-8-7-20-16(22)14-11-19-6-9-23(14)18(25)12-4-5-13(21-17(12)24)15-3-2-10-26-15;/h2-5,7-8,10,14,19H,6,9,11H2,1H3,(H,21,24);1H. The number of hydrogen-bond acceptors (Lipinski definition) is 5. The highest BCUT2D eigenvalue weighted by molar-refractivity contribution is 5.94. The summed E-state index contributed by atoms with van der Waals surface area (Å²) >= 11 is 0. The van der Waals surface area contributed by atoms with Gasteiger partial charge in [0.05, 0.1) is 12.0 Å². The molecule has 142 valence electrons. The number of pyridine rings is 1. The van der Waals surface area contributed by atoms with Crippen LogP contribution in [0.1, 0.15) is 22.2 Å². The number of nitrogens with one attached hydrogen (secondary N) is 2. The third-order valence-electron chi connectivity index (χ3n) is 4.59. The molecule has 1 fully saturated rings. The summed E-state index contributed by atoms with van der Waals surface area (Å²) in [5, 5.41) is 3.28. The minimum atomic E-state index is -0.430. The van der Waals surface area contributed by atoms with E-state index in [4.69, 9.17) is 4.42 Å². The van der Waals surface area contributed by atoms with Crippen molar-refractivity contribution in [1.29, 1.82) is 0 Å². The Morgan fingerprint density at radius 2 is 2.19 bits per heavy atom. The number of nitrogens with zero attached hydrogens (tertiary/aromatic N) is 3. The number of halogens is 1. The van der Waals surface area contributed by atoms with Gasteiger partial charge in [-0.05, 0) is 24.3 Å². The van der Waals surface area contributed by atoms with Crippen molar-refractivity contribution in [2.75, 3.05) is 19.6 Å². The highest BCUT2D eigenvalue weighted by atomic mass is 35.5. The van der Waals surface area contributed by atoms with E-state index >= 15 is 0 Å². The molecule has 0 bridgehead atoms. The van der Waals surface area contributed by atoms with Crippen LogP contribution in [0.3, 0.4) is 0 Å². The molecule has 1 atom stereocenters. The molecule has 1 unspecified atom stereocenters. The lowest BCUT2D eigenvalue weighted by Crippen LogP contribution is -2.50. The number of carbonyl (C=O) groups is 1. The minimum absolute atomic E-state index is 0. The van der Waals surface area contributed by atoms with Crippen LogP contribution in [0, 0.1) is 0 Å². The zero-order chi connectivity index (χ0) is 18.1. The first-order chi connectivity index (χ1) is 12.6. The molecule has 0 spiro atoms. The van der Waals surface area contributed by atoms with Gasteiger partial charge in [-0.15, -0.1) is 12.4 Å². The third-order valence-corrected chi connectivity index (χ3v) is 4.59. The summed E-state index contributed by atoms with van der Waals surface area (Å²) in [6.07, 6.45) is 5.08. The van der Waals surface area contributed by atoms with Gasteiger partial charge in [0.2, 0.25) is 0 Å². The maximum atomic E-state index is 13.1. The Balaban J connectivity index is 0.00000210. The Hall–Kier alpha value is -2.84. The van der Waals surface area contributed by atoms with E-state index in [2.05, 4.69) is 15.3 Å². The first-order valence-corrected chi connectivity index (χ1v) is 8.41. The summed E-state index contributed by atoms with van der Waals surface area (Å²) < 4.78 is 7.18. The maximum absolute atomic E-state index is 13.1. The van der Waals surface area contributed by atoms with Crippen molar-refractivity contribution in [3.05, 3.63) is 64.7 Å². The Kier molecular flexibility index (Phi) is 5.48. The second kappa shape index (κ2) is 7.81. The first-order valence-electron chi connectivity index (χ1n) is 8.41. The Morgan fingerprint density at radius 3 is 2.85 bits per heavy atom. The van der Waals surface area contributed by atoms with Crippen LogP contribution in [0.15, 0.2) is 52.1 Å². The highest BCUT2D eigenvalue weighted by Gasteiger charge is 2.32. The number of imidazole rings is 1. The van der Waals surface area contributed by atoms with Crippen LogP contribution in [0.4, 0.5) is 0 Å². The van der Waals surface area contributed by atoms with Crippen LogP contribution in [-0.4, -0.2) is 45.0 Å². The number of H-pyrrole nitrogens is 1. The lowest BCUT2D eigenvalue weighted by Gasteiger charge is -2.35. The van der Waals surface area contributed by atoms with Gasteiger partial charge in [-0.1, -0.05) is 0 Å². The fourth-order valence-corrected chi connectivity index (χ4v) is 3.25. The average Bonchev–Trinajstić information content (AvgIpc) is 3.33. The van der Waals surface area contributed by atoms with Crippen LogP contribution >= 0.6 is 12.4 Å². The summed E-state index contributed by atoms with van der Waals surface area (Å²) in [7, 11) is 1.89. The van der Waals surface area contributed by atoms with Crippen molar-refractivity contribution in [1.82, 2.24) is 24.8 Å². The molecule has 0 saturated carbocycles. The van der Waals surface area contributed by atoms with Crippen LogP contribution in [0.2, 0.25) is 0 Å². The van der Waals surface area contributed by atoms with E-state index in [-0.39, 0.29) is 29.9 Å². The molecule has 3 aromatic heterocycles. The molecule has 9 heteroatoms. The van der Waals surface area contributed by atoms with Crippen molar-refractivity contribution < 1.29 is 9.21 Å². The molecule has 3 aromatic rings. The van der Waals surface area contributed by atoms with Gasteiger partial charge in [-0.25, -0.2) is 4.98 Å². The summed E-state index contributed by atoms with van der Waals surface area (Å²) in [6, 6.07) is 6.51. The number of hydrogen-bond donors (Lipinski definition) is 2. The number of piperazine rings is 1. The van der Waals surface area contributed by atoms with Crippen molar-refractivity contribution in [2.24, 2.45) is 7.05 Å². The molecule has 1 aliphatic heterocycles. The lowest BCUT2D eigenvalue weighted by molar-refractivity contribution is 0.0619. The van der Waals surface area contributed by atoms with E-state index < -0.39 is 5.56 Å². The summed E-state index contributed by atoms with van der Waals surface area (Å²) in [5.74, 6) is 1.04. The average molecular weight is 390 g/mol. The largest absolute Gasteiger partial charge is 0.463 e. The number of carbonyl (C=O) groups excluding carboxylic acids is 1. The number of aromatic nitrogens is 3. The highest BCUT2D eigenvalue weighted by Crippen LogP contribution is 2.22. The number of aromatic amines is 1. The third kappa shape index (κ3) is 3.54. The Bertz CT molecular complexity index is 979. The van der Waals surface area contributed by atoms with E-state index in [9.17, 15) is 9.59 Å². The molecular weight excluding hydrogens is 370 g/mol. The van der Waals surface area contributed by atoms with Crippen LogP contribution < -0.4 is 10.9 Å². The van der Waals surface area contributed by atoms with Crippen molar-refractivity contribution in [3.8, 4) is 11.5 Å². The van der Waals surface area contributed by atoms with E-state index in [0.717, 1.165) is 5.82 Å². The van der Waals surface area contributed by atoms with Gasteiger partial charge < -0.3 is 24.2 Å². The molecule has 0 aliphatic carbocycles. The predicted octanol–water partition coefficient (Wildman–Crippen LogP) is 1.58. The molecule has 4 heterocycles. The second-order valence-corrected chi connectivity index (χ2v) is 6.21. The van der Waals surface area contributed by atoms with Gasteiger partial charge in [0.15, 0.2) is 0 Å². The van der Waals surface area contributed by atoms with Crippen molar-refractivity contribution >= 4 is 18.3 Å². The molecule has 0 aromatic carbocycles. The Morgan fingerprint density at radius 1 is 1.33 bits per heavy atom. The van der Waals surface area contributed by atoms with Crippen LogP contribution in [0.5, 0.6) is 0 Å². The summed E-state index contributed by atoms with van der Waals surface area (Å²) in [6.45, 7) is 1.78. The van der Waals surface area contributed by atoms with Gasteiger partial charge in [0, 0.05) is 39.1 Å². The number of furan rings is 1. The summed E-state index contributed by atoms with van der Waals surface area (Å²) in [4.78, 5) is 34.3. The van der Waals surface area contributed by atoms with Crippen LogP contribution in [0.25, 0.3) is 11.5 Å².